The second-order valence-electron chi connectivity index (χ2n) is 4.98. The van der Waals surface area contributed by atoms with Crippen molar-refractivity contribution < 1.29 is 8.42 Å². The van der Waals surface area contributed by atoms with Gasteiger partial charge in [-0.15, -0.1) is 0 Å². The first-order chi connectivity index (χ1) is 9.17. The van der Waals surface area contributed by atoms with Crippen molar-refractivity contribution >= 4 is 9.84 Å². The normalized spacial score (nSPS) is 11.6. The average Bonchev–Trinajstić information content (AvgIpc) is 2.43. The van der Waals surface area contributed by atoms with Crippen molar-refractivity contribution in [2.75, 3.05) is 5.75 Å². The van der Waals surface area contributed by atoms with Crippen LogP contribution in [0.15, 0.2) is 29.4 Å². The summed E-state index contributed by atoms with van der Waals surface area (Å²) in [5.74, 6) is 0.256. The maximum absolute atomic E-state index is 12.0. The monoisotopic (exact) mass is 283 g/mol. The number of hydrogen-bond donors (Lipinski definition) is 0. The van der Waals surface area contributed by atoms with Crippen LogP contribution in [-0.2, 0) is 9.84 Å². The van der Waals surface area contributed by atoms with Crippen molar-refractivity contribution in [2.24, 2.45) is 0 Å². The summed E-state index contributed by atoms with van der Waals surface area (Å²) in [6.07, 6.45) is 12.4. The maximum atomic E-state index is 12.0. The second kappa shape index (κ2) is 9.08. The van der Waals surface area contributed by atoms with Crippen molar-refractivity contribution in [1.29, 1.82) is 0 Å². The molecule has 0 unspecified atom stereocenters. The number of sulfone groups is 1. The van der Waals surface area contributed by atoms with Crippen LogP contribution in [0.3, 0.4) is 0 Å². The third-order valence-electron chi connectivity index (χ3n) is 3.28. The zero-order valence-corrected chi connectivity index (χ0v) is 12.7. The Hall–Kier alpha value is -0.900. The van der Waals surface area contributed by atoms with Crippen LogP contribution in [0.1, 0.15) is 58.3 Å². The van der Waals surface area contributed by atoms with Crippen LogP contribution in [0.5, 0.6) is 0 Å². The van der Waals surface area contributed by atoms with Gasteiger partial charge in [0.05, 0.1) is 10.6 Å². The molecule has 0 bridgehead atoms. The molecule has 1 aromatic heterocycles. The number of nitrogens with zero attached hydrogens (tertiary/aromatic N) is 1. The average molecular weight is 283 g/mol. The van der Waals surface area contributed by atoms with Crippen LogP contribution in [-0.4, -0.2) is 19.2 Å². The Balaban J connectivity index is 2.15. The topological polar surface area (TPSA) is 47.0 Å². The van der Waals surface area contributed by atoms with E-state index in [1.54, 1.807) is 12.1 Å². The third-order valence-corrected chi connectivity index (χ3v) is 5.09. The van der Waals surface area contributed by atoms with Crippen LogP contribution >= 0.6 is 0 Å². The van der Waals surface area contributed by atoms with Gasteiger partial charge in [0.1, 0.15) is 0 Å². The summed E-state index contributed by atoms with van der Waals surface area (Å²) in [5, 5.41) is 0. The minimum Gasteiger partial charge on any atom is -0.265 e. The van der Waals surface area contributed by atoms with Gasteiger partial charge in [0.2, 0.25) is 0 Å². The van der Waals surface area contributed by atoms with Crippen molar-refractivity contribution in [2.45, 2.75) is 63.2 Å². The summed E-state index contributed by atoms with van der Waals surface area (Å²) >= 11 is 0. The van der Waals surface area contributed by atoms with Crippen LogP contribution in [0.4, 0.5) is 0 Å². The molecule has 1 rings (SSSR count). The molecule has 0 spiro atoms. The molecule has 0 aliphatic carbocycles. The van der Waals surface area contributed by atoms with Crippen molar-refractivity contribution in [1.82, 2.24) is 4.98 Å². The zero-order valence-electron chi connectivity index (χ0n) is 11.8. The standard InChI is InChI=1S/C15H25NO2S/c1-2-3-4-5-6-7-8-9-14-19(17,18)15-10-12-16-13-11-15/h10-13H,2-9,14H2,1H3. The molecule has 0 saturated heterocycles. The summed E-state index contributed by atoms with van der Waals surface area (Å²) in [5.41, 5.74) is 0. The molecular formula is C15H25NO2S. The summed E-state index contributed by atoms with van der Waals surface area (Å²) < 4.78 is 24.0. The molecule has 0 atom stereocenters. The predicted octanol–water partition coefficient (Wildman–Crippen LogP) is 4.00. The minimum absolute atomic E-state index is 0.256. The number of hydrogen-bond acceptors (Lipinski definition) is 3. The highest BCUT2D eigenvalue weighted by Crippen LogP contribution is 2.13. The van der Waals surface area contributed by atoms with Crippen molar-refractivity contribution in [3.63, 3.8) is 0 Å². The van der Waals surface area contributed by atoms with E-state index >= 15 is 0 Å². The molecule has 1 aromatic rings. The Morgan fingerprint density at radius 3 is 2.00 bits per heavy atom. The lowest BCUT2D eigenvalue weighted by atomic mass is 10.1. The molecule has 0 saturated carbocycles. The fourth-order valence-corrected chi connectivity index (χ4v) is 3.45. The molecule has 4 heteroatoms. The Kier molecular flexibility index (Phi) is 7.72. The van der Waals surface area contributed by atoms with Gasteiger partial charge in [-0.05, 0) is 18.6 Å². The molecule has 0 aromatic carbocycles. The van der Waals surface area contributed by atoms with Gasteiger partial charge in [-0.25, -0.2) is 8.42 Å². The first-order valence-electron chi connectivity index (χ1n) is 7.29. The fourth-order valence-electron chi connectivity index (χ4n) is 2.09. The highest BCUT2D eigenvalue weighted by atomic mass is 32.2. The van der Waals surface area contributed by atoms with Gasteiger partial charge in [0.25, 0.3) is 0 Å². The van der Waals surface area contributed by atoms with E-state index in [0.29, 0.717) is 4.90 Å². The second-order valence-corrected chi connectivity index (χ2v) is 7.09. The zero-order chi connectivity index (χ0) is 14.0. The lowest BCUT2D eigenvalue weighted by Crippen LogP contribution is -2.06. The highest BCUT2D eigenvalue weighted by Gasteiger charge is 2.12. The molecule has 0 N–H and O–H groups in total. The first-order valence-corrected chi connectivity index (χ1v) is 8.95. The van der Waals surface area contributed by atoms with Crippen LogP contribution in [0.25, 0.3) is 0 Å². The largest absolute Gasteiger partial charge is 0.265 e. The number of pyridine rings is 1. The van der Waals surface area contributed by atoms with Crippen LogP contribution in [0, 0.1) is 0 Å². The summed E-state index contributed by atoms with van der Waals surface area (Å²) in [6.45, 7) is 2.21. The van der Waals surface area contributed by atoms with E-state index in [1.165, 1.54) is 44.5 Å². The molecule has 1 heterocycles. The van der Waals surface area contributed by atoms with E-state index in [0.717, 1.165) is 19.3 Å². The van der Waals surface area contributed by atoms with Gasteiger partial charge in [0.15, 0.2) is 9.84 Å². The first kappa shape index (κ1) is 16.2. The Bertz CT molecular complexity index is 429. The molecule has 0 aliphatic heterocycles. The van der Waals surface area contributed by atoms with E-state index in [4.69, 9.17) is 0 Å². The molecule has 19 heavy (non-hydrogen) atoms. The van der Waals surface area contributed by atoms with Gasteiger partial charge < -0.3 is 0 Å². The van der Waals surface area contributed by atoms with Crippen LogP contribution < -0.4 is 0 Å². The van der Waals surface area contributed by atoms with Crippen molar-refractivity contribution in [3.05, 3.63) is 24.5 Å². The number of aromatic nitrogens is 1. The Labute approximate surface area is 117 Å². The summed E-state index contributed by atoms with van der Waals surface area (Å²) in [7, 11) is -3.10. The highest BCUT2D eigenvalue weighted by molar-refractivity contribution is 7.91. The van der Waals surface area contributed by atoms with Gasteiger partial charge >= 0.3 is 0 Å². The number of unbranched alkanes of at least 4 members (excludes halogenated alkanes) is 7. The minimum atomic E-state index is -3.10. The van der Waals surface area contributed by atoms with Gasteiger partial charge in [0, 0.05) is 12.4 Å². The molecule has 108 valence electrons. The van der Waals surface area contributed by atoms with E-state index in [9.17, 15) is 8.42 Å². The maximum Gasteiger partial charge on any atom is 0.178 e. The molecule has 0 aliphatic rings. The smallest absolute Gasteiger partial charge is 0.178 e. The van der Waals surface area contributed by atoms with Crippen LogP contribution in [0.2, 0.25) is 0 Å². The molecular weight excluding hydrogens is 258 g/mol. The van der Waals surface area contributed by atoms with Gasteiger partial charge in [-0.3, -0.25) is 4.98 Å². The van der Waals surface area contributed by atoms with Gasteiger partial charge in [-0.1, -0.05) is 51.9 Å². The predicted molar refractivity (Wildman–Crippen MR) is 78.9 cm³/mol. The van der Waals surface area contributed by atoms with Gasteiger partial charge in [-0.2, -0.15) is 0 Å². The van der Waals surface area contributed by atoms with E-state index in [1.807, 2.05) is 0 Å². The Morgan fingerprint density at radius 2 is 1.42 bits per heavy atom. The third kappa shape index (κ3) is 6.71. The summed E-state index contributed by atoms with van der Waals surface area (Å²) in [4.78, 5) is 4.23. The van der Waals surface area contributed by atoms with E-state index < -0.39 is 9.84 Å². The molecule has 0 radical (unpaired) electrons. The Morgan fingerprint density at radius 1 is 0.895 bits per heavy atom. The van der Waals surface area contributed by atoms with E-state index in [-0.39, 0.29) is 5.75 Å². The lowest BCUT2D eigenvalue weighted by Gasteiger charge is -2.04. The number of rotatable bonds is 10. The lowest BCUT2D eigenvalue weighted by molar-refractivity contribution is 0.572. The van der Waals surface area contributed by atoms with E-state index in [2.05, 4.69) is 11.9 Å². The fraction of sp³-hybridized carbons (Fsp3) is 0.667. The molecule has 3 nitrogen and oxygen atoms in total. The molecule has 0 fully saturated rings. The SMILES string of the molecule is CCCCCCCCCCS(=O)(=O)c1ccncc1. The molecule has 0 amide bonds. The van der Waals surface area contributed by atoms with Crippen molar-refractivity contribution in [3.8, 4) is 0 Å². The summed E-state index contributed by atoms with van der Waals surface area (Å²) in [6, 6.07) is 3.14. The quantitative estimate of drug-likeness (QED) is 0.610.